The molecule has 0 unspecified atom stereocenters. The van der Waals surface area contributed by atoms with Crippen LogP contribution in [0.4, 0.5) is 17.1 Å². The summed E-state index contributed by atoms with van der Waals surface area (Å²) in [6.45, 7) is 6.87. The molecule has 0 amide bonds. The quantitative estimate of drug-likeness (QED) is 0.115. The minimum Gasteiger partial charge on any atom is -0.496 e. The van der Waals surface area contributed by atoms with Gasteiger partial charge in [0.05, 0.1) is 7.11 Å². The first-order valence-corrected chi connectivity index (χ1v) is 17.7. The molecule has 0 aromatic heterocycles. The van der Waals surface area contributed by atoms with Crippen LogP contribution in [0.1, 0.15) is 51.2 Å². The summed E-state index contributed by atoms with van der Waals surface area (Å²) in [6, 6.07) is 56.1. The average Bonchev–Trinajstić information content (AvgIpc) is 3.19. The molecule has 0 saturated carbocycles. The van der Waals surface area contributed by atoms with Gasteiger partial charge in [0.25, 0.3) is 0 Å². The van der Waals surface area contributed by atoms with E-state index in [1.807, 2.05) is 6.07 Å². The van der Waals surface area contributed by atoms with E-state index >= 15 is 0 Å². The molecular weight excluding hydrogens is 607 g/mol. The van der Waals surface area contributed by atoms with Gasteiger partial charge in [0.2, 0.25) is 0 Å². The second-order valence-corrected chi connectivity index (χ2v) is 12.9. The molecule has 0 saturated heterocycles. The van der Waals surface area contributed by atoms with Gasteiger partial charge in [0, 0.05) is 22.6 Å². The van der Waals surface area contributed by atoms with Gasteiger partial charge in [-0.05, 0) is 108 Å². The van der Waals surface area contributed by atoms with Crippen LogP contribution in [-0.2, 0) is 5.41 Å². The van der Waals surface area contributed by atoms with Crippen molar-refractivity contribution in [1.29, 1.82) is 0 Å². The molecule has 0 radical (unpaired) electrons. The van der Waals surface area contributed by atoms with Crippen molar-refractivity contribution >= 4 is 23.1 Å². The fraction of sp³-hybridized carbons (Fsp3) is 0.167. The standard InChI is InChI=1S/C48H47NO/c1-5-48(6-2,42-19-16-24-45(36-42)49(43-20-12-8-13-21-43)44-22-14-9-15-23-44)34-33-37(3)25-26-38-27-29-40(30-28-38)46-35-41(31-32-47(46)50-4)39-17-10-7-11-18-39/h7-33,35-36H,5-6,34H2,1-4H3/b26-25+,37-33+. The Kier molecular flexibility index (Phi) is 11.1. The molecule has 0 aliphatic rings. The fourth-order valence-corrected chi connectivity index (χ4v) is 6.81. The summed E-state index contributed by atoms with van der Waals surface area (Å²) in [4.78, 5) is 2.35. The molecule has 0 atom stereocenters. The molecule has 0 aliphatic carbocycles. The highest BCUT2D eigenvalue weighted by Gasteiger charge is 2.28. The molecule has 0 spiro atoms. The van der Waals surface area contributed by atoms with Gasteiger partial charge >= 0.3 is 0 Å². The second-order valence-electron chi connectivity index (χ2n) is 12.9. The lowest BCUT2D eigenvalue weighted by Crippen LogP contribution is -2.24. The molecule has 250 valence electrons. The molecule has 50 heavy (non-hydrogen) atoms. The summed E-state index contributed by atoms with van der Waals surface area (Å²) in [6.07, 6.45) is 9.97. The van der Waals surface area contributed by atoms with Gasteiger partial charge in [0.1, 0.15) is 5.75 Å². The second kappa shape index (κ2) is 16.2. The van der Waals surface area contributed by atoms with Crippen molar-refractivity contribution in [3.8, 4) is 28.0 Å². The minimum atomic E-state index is 0.0408. The molecule has 2 nitrogen and oxygen atoms in total. The van der Waals surface area contributed by atoms with Gasteiger partial charge in [-0.1, -0.05) is 147 Å². The van der Waals surface area contributed by atoms with E-state index in [9.17, 15) is 0 Å². The van der Waals surface area contributed by atoms with Crippen molar-refractivity contribution in [2.75, 3.05) is 12.0 Å². The van der Waals surface area contributed by atoms with E-state index in [1.54, 1.807) is 7.11 Å². The van der Waals surface area contributed by atoms with Crippen LogP contribution >= 0.6 is 0 Å². The van der Waals surface area contributed by atoms with Crippen molar-refractivity contribution in [3.63, 3.8) is 0 Å². The van der Waals surface area contributed by atoms with Gasteiger partial charge in [-0.15, -0.1) is 0 Å². The normalized spacial score (nSPS) is 11.9. The van der Waals surface area contributed by atoms with E-state index in [0.29, 0.717) is 0 Å². The Morgan fingerprint density at radius 1 is 0.600 bits per heavy atom. The highest BCUT2D eigenvalue weighted by molar-refractivity contribution is 5.79. The maximum atomic E-state index is 5.74. The number of ether oxygens (including phenoxy) is 1. The molecule has 0 N–H and O–H groups in total. The SMILES string of the molecule is CCC(CC)(C/C=C(C)/C=C/c1ccc(-c2cc(-c3ccccc3)ccc2OC)cc1)c1cccc(N(c2ccccc2)c2ccccc2)c1. The number of rotatable bonds is 13. The first kappa shape index (κ1) is 34.3. The first-order valence-electron chi connectivity index (χ1n) is 17.7. The maximum Gasteiger partial charge on any atom is 0.126 e. The van der Waals surface area contributed by atoms with Crippen LogP contribution in [0.2, 0.25) is 0 Å². The lowest BCUT2D eigenvalue weighted by Gasteiger charge is -2.33. The maximum absolute atomic E-state index is 5.74. The predicted molar refractivity (Wildman–Crippen MR) is 215 cm³/mol. The van der Waals surface area contributed by atoms with Gasteiger partial charge in [0.15, 0.2) is 0 Å². The number of benzene rings is 6. The fourth-order valence-electron chi connectivity index (χ4n) is 6.81. The van der Waals surface area contributed by atoms with E-state index in [1.165, 1.54) is 33.5 Å². The van der Waals surface area contributed by atoms with Gasteiger partial charge < -0.3 is 9.64 Å². The number of hydrogen-bond acceptors (Lipinski definition) is 2. The van der Waals surface area contributed by atoms with Crippen molar-refractivity contribution in [1.82, 2.24) is 0 Å². The first-order chi connectivity index (χ1) is 24.5. The zero-order valence-corrected chi connectivity index (χ0v) is 29.7. The summed E-state index contributed by atoms with van der Waals surface area (Å²) >= 11 is 0. The monoisotopic (exact) mass is 653 g/mol. The largest absolute Gasteiger partial charge is 0.496 e. The molecule has 2 heteroatoms. The summed E-state index contributed by atoms with van der Waals surface area (Å²) in [7, 11) is 1.74. The summed E-state index contributed by atoms with van der Waals surface area (Å²) in [5, 5.41) is 0. The van der Waals surface area contributed by atoms with Crippen LogP contribution in [0.3, 0.4) is 0 Å². The topological polar surface area (TPSA) is 12.5 Å². The lowest BCUT2D eigenvalue weighted by atomic mass is 9.73. The van der Waals surface area contributed by atoms with Gasteiger partial charge in [-0.25, -0.2) is 0 Å². The Labute approximate surface area is 299 Å². The summed E-state index contributed by atoms with van der Waals surface area (Å²) in [5.74, 6) is 0.875. The number of allylic oxidation sites excluding steroid dienone is 3. The Hall–Kier alpha value is -5.60. The minimum absolute atomic E-state index is 0.0408. The molecule has 0 bridgehead atoms. The third-order valence-corrected chi connectivity index (χ3v) is 9.98. The Balaban J connectivity index is 1.21. The third kappa shape index (κ3) is 7.82. The zero-order valence-electron chi connectivity index (χ0n) is 29.7. The van der Waals surface area contributed by atoms with Crippen molar-refractivity contribution in [2.45, 2.75) is 45.4 Å². The Morgan fingerprint density at radius 2 is 1.18 bits per heavy atom. The summed E-state index contributed by atoms with van der Waals surface area (Å²) < 4.78 is 5.74. The van der Waals surface area contributed by atoms with E-state index in [-0.39, 0.29) is 5.41 Å². The van der Waals surface area contributed by atoms with E-state index in [2.05, 4.69) is 196 Å². The third-order valence-electron chi connectivity index (χ3n) is 9.98. The van der Waals surface area contributed by atoms with E-state index < -0.39 is 0 Å². The lowest BCUT2D eigenvalue weighted by molar-refractivity contribution is 0.399. The van der Waals surface area contributed by atoms with Crippen molar-refractivity contribution < 1.29 is 4.74 Å². The van der Waals surface area contributed by atoms with Crippen LogP contribution in [0, 0.1) is 0 Å². The molecular formula is C48H47NO. The van der Waals surface area contributed by atoms with Crippen molar-refractivity contribution in [2.24, 2.45) is 0 Å². The van der Waals surface area contributed by atoms with Crippen LogP contribution in [0.5, 0.6) is 5.75 Å². The average molecular weight is 654 g/mol. The molecule has 0 fully saturated rings. The van der Waals surface area contributed by atoms with E-state index in [4.69, 9.17) is 4.74 Å². The highest BCUT2D eigenvalue weighted by Crippen LogP contribution is 2.41. The number of para-hydroxylation sites is 2. The number of methoxy groups -OCH3 is 1. The van der Waals surface area contributed by atoms with Gasteiger partial charge in [-0.3, -0.25) is 0 Å². The van der Waals surface area contributed by atoms with Crippen LogP contribution in [-0.4, -0.2) is 7.11 Å². The van der Waals surface area contributed by atoms with Crippen LogP contribution in [0.15, 0.2) is 175 Å². The number of anilines is 3. The molecule has 6 rings (SSSR count). The van der Waals surface area contributed by atoms with Crippen LogP contribution < -0.4 is 9.64 Å². The molecule has 0 heterocycles. The molecule has 6 aromatic rings. The summed E-state index contributed by atoms with van der Waals surface area (Å²) in [5.41, 5.74) is 12.0. The molecule has 6 aromatic carbocycles. The van der Waals surface area contributed by atoms with Crippen molar-refractivity contribution in [3.05, 3.63) is 187 Å². The molecule has 0 aliphatic heterocycles. The predicted octanol–water partition coefficient (Wildman–Crippen LogP) is 13.6. The number of nitrogens with zero attached hydrogens (tertiary/aromatic N) is 1. The number of hydrogen-bond donors (Lipinski definition) is 0. The zero-order chi connectivity index (χ0) is 34.8. The van der Waals surface area contributed by atoms with E-state index in [0.717, 1.165) is 47.5 Å². The Morgan fingerprint density at radius 3 is 1.78 bits per heavy atom. The van der Waals surface area contributed by atoms with Crippen LogP contribution in [0.25, 0.3) is 28.3 Å². The Bertz CT molecular complexity index is 1980. The van der Waals surface area contributed by atoms with Gasteiger partial charge in [-0.2, -0.15) is 0 Å². The smallest absolute Gasteiger partial charge is 0.126 e. The highest BCUT2D eigenvalue weighted by atomic mass is 16.5.